The van der Waals surface area contributed by atoms with E-state index < -0.39 is 10.0 Å². The Kier molecular flexibility index (Phi) is 4.85. The molecule has 0 fully saturated rings. The van der Waals surface area contributed by atoms with Gasteiger partial charge in [0.15, 0.2) is 0 Å². The molecule has 1 amide bonds. The van der Waals surface area contributed by atoms with Gasteiger partial charge in [-0.05, 0) is 66.9 Å². The molecule has 0 unspecified atom stereocenters. The topological polar surface area (TPSA) is 95.5 Å². The monoisotopic (exact) mass is 400 g/mol. The Bertz CT molecular complexity index is 1110. The van der Waals surface area contributed by atoms with E-state index in [-0.39, 0.29) is 22.0 Å². The number of nitrogens with one attached hydrogen (secondary N) is 2. The van der Waals surface area contributed by atoms with Crippen molar-refractivity contribution in [2.45, 2.75) is 38.0 Å². The number of phenols is 1. The molecular formula is C21H24N2O4S. The molecule has 1 heterocycles. The Labute approximate surface area is 165 Å². The number of hydrogen-bond acceptors (Lipinski definition) is 4. The van der Waals surface area contributed by atoms with Crippen molar-refractivity contribution in [2.24, 2.45) is 0 Å². The zero-order chi connectivity index (χ0) is 20.9. The number of benzene rings is 2. The minimum atomic E-state index is -3.62. The van der Waals surface area contributed by atoms with Crippen LogP contribution in [0.1, 0.15) is 43.0 Å². The highest BCUT2D eigenvalue weighted by atomic mass is 32.2. The summed E-state index contributed by atoms with van der Waals surface area (Å²) in [6.45, 7) is 7.83. The highest BCUT2D eigenvalue weighted by Gasteiger charge is 2.27. The molecule has 2 aromatic rings. The van der Waals surface area contributed by atoms with Crippen LogP contribution in [0.3, 0.4) is 0 Å². The van der Waals surface area contributed by atoms with E-state index in [1.54, 1.807) is 18.2 Å². The van der Waals surface area contributed by atoms with Gasteiger partial charge in [0, 0.05) is 22.4 Å². The molecule has 0 spiro atoms. The Balaban J connectivity index is 2.17. The molecule has 0 saturated heterocycles. The summed E-state index contributed by atoms with van der Waals surface area (Å²) in [7, 11) is -2.28. The predicted molar refractivity (Wildman–Crippen MR) is 111 cm³/mol. The van der Waals surface area contributed by atoms with E-state index in [1.807, 2.05) is 33.8 Å². The van der Waals surface area contributed by atoms with Crippen molar-refractivity contribution < 1.29 is 18.3 Å². The van der Waals surface area contributed by atoms with Crippen molar-refractivity contribution in [2.75, 3.05) is 12.4 Å². The Hall–Kier alpha value is -2.64. The van der Waals surface area contributed by atoms with Crippen LogP contribution in [0.25, 0.3) is 11.6 Å². The van der Waals surface area contributed by atoms with Gasteiger partial charge in [-0.25, -0.2) is 13.1 Å². The maximum atomic E-state index is 12.5. The van der Waals surface area contributed by atoms with Crippen LogP contribution >= 0.6 is 0 Å². The first kappa shape index (κ1) is 20.1. The minimum Gasteiger partial charge on any atom is -0.507 e. The zero-order valence-corrected chi connectivity index (χ0v) is 17.4. The average Bonchev–Trinajstić information content (AvgIpc) is 2.91. The summed E-state index contributed by atoms with van der Waals surface area (Å²) in [4.78, 5) is 12.6. The van der Waals surface area contributed by atoms with Gasteiger partial charge in [-0.1, -0.05) is 20.8 Å². The molecule has 148 valence electrons. The summed E-state index contributed by atoms with van der Waals surface area (Å²) in [6.07, 6.45) is 1.72. The number of aromatic hydroxyl groups is 1. The highest BCUT2D eigenvalue weighted by Crippen LogP contribution is 2.38. The fraction of sp³-hybridized carbons (Fsp3) is 0.286. The summed E-state index contributed by atoms with van der Waals surface area (Å²) in [5.41, 5.74) is 3.47. The zero-order valence-electron chi connectivity index (χ0n) is 16.5. The van der Waals surface area contributed by atoms with Crippen molar-refractivity contribution >= 4 is 33.3 Å². The van der Waals surface area contributed by atoms with E-state index in [0.717, 1.165) is 11.1 Å². The second-order valence-electron chi connectivity index (χ2n) is 7.91. The van der Waals surface area contributed by atoms with Gasteiger partial charge in [-0.15, -0.1) is 0 Å². The third-order valence-electron chi connectivity index (χ3n) is 4.79. The van der Waals surface area contributed by atoms with Gasteiger partial charge in [0.25, 0.3) is 5.91 Å². The number of amides is 1. The number of anilines is 1. The molecule has 6 nitrogen and oxygen atoms in total. The van der Waals surface area contributed by atoms with Gasteiger partial charge in [-0.3, -0.25) is 4.79 Å². The van der Waals surface area contributed by atoms with Crippen LogP contribution in [0.15, 0.2) is 35.2 Å². The van der Waals surface area contributed by atoms with Crippen molar-refractivity contribution in [3.63, 3.8) is 0 Å². The molecule has 3 rings (SSSR count). The fourth-order valence-electron chi connectivity index (χ4n) is 3.22. The predicted octanol–water partition coefficient (Wildman–Crippen LogP) is 3.40. The van der Waals surface area contributed by atoms with Crippen LogP contribution in [0.5, 0.6) is 5.75 Å². The second kappa shape index (κ2) is 6.76. The van der Waals surface area contributed by atoms with Crippen LogP contribution in [-0.2, 0) is 20.2 Å². The Morgan fingerprint density at radius 2 is 1.82 bits per heavy atom. The van der Waals surface area contributed by atoms with Crippen LogP contribution < -0.4 is 10.0 Å². The van der Waals surface area contributed by atoms with Gasteiger partial charge in [0.1, 0.15) is 5.75 Å². The molecule has 0 bridgehead atoms. The molecule has 1 aliphatic heterocycles. The van der Waals surface area contributed by atoms with Crippen molar-refractivity contribution in [1.82, 2.24) is 4.72 Å². The molecule has 3 N–H and O–H groups in total. The first-order chi connectivity index (χ1) is 12.9. The van der Waals surface area contributed by atoms with Crippen LogP contribution in [-0.4, -0.2) is 26.5 Å². The van der Waals surface area contributed by atoms with E-state index in [4.69, 9.17) is 0 Å². The van der Waals surface area contributed by atoms with E-state index in [2.05, 4.69) is 10.0 Å². The normalized spacial score (nSPS) is 15.6. The van der Waals surface area contributed by atoms with E-state index in [9.17, 15) is 18.3 Å². The van der Waals surface area contributed by atoms with Gasteiger partial charge >= 0.3 is 0 Å². The quantitative estimate of drug-likeness (QED) is 0.688. The van der Waals surface area contributed by atoms with E-state index in [1.165, 1.54) is 19.2 Å². The lowest BCUT2D eigenvalue weighted by molar-refractivity contribution is -0.110. The lowest BCUT2D eigenvalue weighted by atomic mass is 9.84. The summed E-state index contributed by atoms with van der Waals surface area (Å²) in [5, 5.41) is 13.2. The first-order valence-electron chi connectivity index (χ1n) is 8.89. The number of carbonyl (C=O) groups is 1. The smallest absolute Gasteiger partial charge is 0.256 e. The molecular weight excluding hydrogens is 376 g/mol. The molecule has 28 heavy (non-hydrogen) atoms. The van der Waals surface area contributed by atoms with E-state index in [0.29, 0.717) is 22.4 Å². The van der Waals surface area contributed by atoms with Gasteiger partial charge in [0.05, 0.1) is 4.90 Å². The molecule has 0 saturated carbocycles. The van der Waals surface area contributed by atoms with Gasteiger partial charge in [-0.2, -0.15) is 0 Å². The van der Waals surface area contributed by atoms with Crippen molar-refractivity contribution in [1.29, 1.82) is 0 Å². The Morgan fingerprint density at radius 3 is 2.43 bits per heavy atom. The lowest BCUT2D eigenvalue weighted by Crippen LogP contribution is -2.18. The maximum Gasteiger partial charge on any atom is 0.256 e. The highest BCUT2D eigenvalue weighted by molar-refractivity contribution is 7.89. The first-order valence-corrected chi connectivity index (χ1v) is 10.4. The van der Waals surface area contributed by atoms with Crippen molar-refractivity contribution in [3.05, 3.63) is 52.6 Å². The number of fused-ring (bicyclic) bond motifs is 1. The van der Waals surface area contributed by atoms with Crippen LogP contribution in [0.4, 0.5) is 5.69 Å². The van der Waals surface area contributed by atoms with Gasteiger partial charge < -0.3 is 10.4 Å². The molecule has 1 aliphatic rings. The molecule has 2 aromatic carbocycles. The average molecular weight is 401 g/mol. The SMILES string of the molecule is CNS(=O)(=O)c1ccc2c(c1)C(=Cc1cc(C)c(O)c(C(C)(C)C)c1)C(=O)N2. The van der Waals surface area contributed by atoms with Gasteiger partial charge in [0.2, 0.25) is 10.0 Å². The van der Waals surface area contributed by atoms with Crippen molar-refractivity contribution in [3.8, 4) is 5.75 Å². The second-order valence-corrected chi connectivity index (χ2v) is 9.80. The number of hydrogen-bond donors (Lipinski definition) is 3. The largest absolute Gasteiger partial charge is 0.507 e. The van der Waals surface area contributed by atoms with E-state index >= 15 is 0 Å². The minimum absolute atomic E-state index is 0.0911. The summed E-state index contributed by atoms with van der Waals surface area (Å²) in [5.74, 6) is -0.0506. The molecule has 0 aromatic heterocycles. The number of carbonyl (C=O) groups excluding carboxylic acids is 1. The molecule has 0 aliphatic carbocycles. The third kappa shape index (κ3) is 3.55. The number of rotatable bonds is 3. The maximum absolute atomic E-state index is 12.5. The number of aryl methyl sites for hydroxylation is 1. The number of phenolic OH excluding ortho intramolecular Hbond substituents is 1. The molecule has 0 radical (unpaired) electrons. The van der Waals surface area contributed by atoms with Crippen LogP contribution in [0.2, 0.25) is 0 Å². The summed E-state index contributed by atoms with van der Waals surface area (Å²) >= 11 is 0. The van der Waals surface area contributed by atoms with Crippen LogP contribution in [0, 0.1) is 6.92 Å². The molecule has 0 atom stereocenters. The fourth-order valence-corrected chi connectivity index (χ4v) is 3.98. The standard InChI is InChI=1S/C21H24N2O4S/c1-12-8-13(10-17(19(12)24)21(2,3)4)9-16-15-11-14(28(26,27)22-5)6-7-18(15)23-20(16)25/h6-11,22,24H,1-5H3,(H,23,25). The summed E-state index contributed by atoms with van der Waals surface area (Å²) in [6, 6.07) is 8.19. The molecule has 7 heteroatoms. The summed E-state index contributed by atoms with van der Waals surface area (Å²) < 4.78 is 26.5. The third-order valence-corrected chi connectivity index (χ3v) is 6.21. The number of sulfonamides is 1. The lowest BCUT2D eigenvalue weighted by Gasteiger charge is -2.22. The Morgan fingerprint density at radius 1 is 1.14 bits per heavy atom.